The first-order valence-electron chi connectivity index (χ1n) is 13.3. The fourth-order valence-electron chi connectivity index (χ4n) is 4.44. The molecule has 1 unspecified atom stereocenters. The van der Waals surface area contributed by atoms with Crippen molar-refractivity contribution in [2.45, 2.75) is 65.7 Å². The number of carbonyl (C=O) groups is 4. The zero-order chi connectivity index (χ0) is 28.6. The average molecular weight is 531 g/mol. The topological polar surface area (TPSA) is 105 Å². The molecule has 38 heavy (non-hydrogen) atoms. The molecule has 0 radical (unpaired) electrons. The largest absolute Gasteiger partial charge is 0.465 e. The number of benzene rings is 1. The summed E-state index contributed by atoms with van der Waals surface area (Å²) in [4.78, 5) is 51.7. The van der Waals surface area contributed by atoms with Gasteiger partial charge in [-0.3, -0.25) is 19.2 Å². The Bertz CT molecular complexity index is 898. The normalized spacial score (nSPS) is 11.8. The maximum Gasteiger partial charge on any atom is 0.324 e. The molecule has 0 heterocycles. The van der Waals surface area contributed by atoms with E-state index in [2.05, 4.69) is 13.2 Å². The molecule has 0 N–H and O–H groups in total. The quantitative estimate of drug-likeness (QED) is 0.0849. The Morgan fingerprint density at radius 2 is 1.29 bits per heavy atom. The lowest BCUT2D eigenvalue weighted by Gasteiger charge is -2.35. The van der Waals surface area contributed by atoms with Crippen molar-refractivity contribution in [3.05, 3.63) is 60.7 Å². The van der Waals surface area contributed by atoms with Crippen LogP contribution in [0, 0.1) is 11.3 Å². The molecule has 8 heteroatoms. The summed E-state index contributed by atoms with van der Waals surface area (Å²) in [5.74, 6) is -4.53. The van der Waals surface area contributed by atoms with Crippen LogP contribution >= 0.6 is 0 Å². The molecule has 1 aromatic carbocycles. The molecule has 0 aliphatic carbocycles. The molecule has 8 nitrogen and oxygen atoms in total. The Labute approximate surface area is 226 Å². The molecule has 0 aromatic heterocycles. The van der Waals surface area contributed by atoms with Gasteiger partial charge in [0, 0.05) is 5.92 Å². The van der Waals surface area contributed by atoms with E-state index in [4.69, 9.17) is 18.9 Å². The number of unbranched alkanes of at least 4 members (excludes halogenated alkanes) is 1. The van der Waals surface area contributed by atoms with E-state index in [-0.39, 0.29) is 39.3 Å². The molecular formula is C30H42O8. The first kappa shape index (κ1) is 32.6. The average Bonchev–Trinajstić information content (AvgIpc) is 2.89. The van der Waals surface area contributed by atoms with Crippen LogP contribution in [0.5, 0.6) is 0 Å². The first-order valence-corrected chi connectivity index (χ1v) is 13.3. The third-order valence-corrected chi connectivity index (χ3v) is 6.22. The van der Waals surface area contributed by atoms with Gasteiger partial charge in [-0.2, -0.15) is 0 Å². The highest BCUT2D eigenvalue weighted by atomic mass is 16.6. The molecule has 0 saturated heterocycles. The molecule has 0 bridgehead atoms. The first-order chi connectivity index (χ1) is 18.3. The second kappa shape index (κ2) is 17.2. The number of rotatable bonds is 18. The van der Waals surface area contributed by atoms with E-state index >= 15 is 0 Å². The zero-order valence-electron chi connectivity index (χ0n) is 23.2. The molecule has 0 saturated carbocycles. The summed E-state index contributed by atoms with van der Waals surface area (Å²) in [5, 5.41) is 0. The summed E-state index contributed by atoms with van der Waals surface area (Å²) in [5.41, 5.74) is 0.0510. The predicted molar refractivity (Wildman–Crippen MR) is 144 cm³/mol. The molecular weight excluding hydrogens is 488 g/mol. The minimum absolute atomic E-state index is 0.0636. The predicted octanol–water partition coefficient (Wildman–Crippen LogP) is 5.10. The van der Waals surface area contributed by atoms with Crippen molar-refractivity contribution in [1.29, 1.82) is 0 Å². The van der Waals surface area contributed by atoms with Gasteiger partial charge in [-0.15, -0.1) is 13.2 Å². The molecule has 0 fully saturated rings. The molecule has 0 amide bonds. The summed E-state index contributed by atoms with van der Waals surface area (Å²) in [6, 6.07) is 7.54. The lowest BCUT2D eigenvalue weighted by molar-refractivity contribution is -0.174. The van der Waals surface area contributed by atoms with Gasteiger partial charge in [0.05, 0.1) is 26.4 Å². The lowest BCUT2D eigenvalue weighted by Crippen LogP contribution is -2.46. The van der Waals surface area contributed by atoms with Crippen LogP contribution in [0.1, 0.15) is 70.4 Å². The van der Waals surface area contributed by atoms with E-state index in [0.29, 0.717) is 24.8 Å². The second-order valence-corrected chi connectivity index (χ2v) is 8.66. The van der Waals surface area contributed by atoms with Crippen LogP contribution < -0.4 is 0 Å². The molecule has 1 atom stereocenters. The Balaban J connectivity index is 3.36. The van der Waals surface area contributed by atoms with Gasteiger partial charge < -0.3 is 18.9 Å². The third kappa shape index (κ3) is 8.57. The Kier molecular flexibility index (Phi) is 14.7. The fourth-order valence-corrected chi connectivity index (χ4v) is 4.44. The van der Waals surface area contributed by atoms with Crippen molar-refractivity contribution in [2.75, 3.05) is 26.4 Å². The van der Waals surface area contributed by atoms with E-state index < -0.39 is 41.1 Å². The van der Waals surface area contributed by atoms with Crippen LogP contribution in [-0.4, -0.2) is 50.3 Å². The fraction of sp³-hybridized carbons (Fsp3) is 0.533. The van der Waals surface area contributed by atoms with Crippen molar-refractivity contribution >= 4 is 23.9 Å². The van der Waals surface area contributed by atoms with Crippen molar-refractivity contribution in [2.24, 2.45) is 11.3 Å². The van der Waals surface area contributed by atoms with Crippen LogP contribution in [0.25, 0.3) is 0 Å². The van der Waals surface area contributed by atoms with Gasteiger partial charge in [0.15, 0.2) is 11.3 Å². The zero-order valence-corrected chi connectivity index (χ0v) is 23.2. The standard InChI is InChI=1S/C30H42O8/c1-7-15-22-17-19-23(20-18-22)25(8-2)30(28(33)37-11-5,29(34)38-12-6)21-14-13-16-24(26(31)35-9-3)27(32)36-10-4/h7-8,17-20,24-25H,1-2,9-16,21H2,3-6H3. The van der Waals surface area contributed by atoms with Gasteiger partial charge in [-0.25, -0.2) is 0 Å². The number of ether oxygens (including phenoxy) is 4. The van der Waals surface area contributed by atoms with E-state index in [1.165, 1.54) is 0 Å². The summed E-state index contributed by atoms with van der Waals surface area (Å²) in [6.07, 6.45) is 4.93. The SMILES string of the molecule is C=CCc1ccc(C(C=C)C(CCCCC(C(=O)OCC)C(=O)OCC)(C(=O)OCC)C(=O)OCC)cc1. The van der Waals surface area contributed by atoms with E-state index in [0.717, 1.165) is 5.56 Å². The van der Waals surface area contributed by atoms with Crippen molar-refractivity contribution in [3.8, 4) is 0 Å². The smallest absolute Gasteiger partial charge is 0.324 e. The molecule has 0 aliphatic rings. The maximum atomic E-state index is 13.5. The van der Waals surface area contributed by atoms with Crippen molar-refractivity contribution < 1.29 is 38.1 Å². The summed E-state index contributed by atoms with van der Waals surface area (Å²) < 4.78 is 20.9. The van der Waals surface area contributed by atoms with E-state index in [1.807, 2.05) is 24.3 Å². The highest BCUT2D eigenvalue weighted by molar-refractivity contribution is 6.01. The number of hydrogen-bond donors (Lipinski definition) is 0. The number of esters is 4. The van der Waals surface area contributed by atoms with Crippen LogP contribution in [0.4, 0.5) is 0 Å². The molecule has 210 valence electrons. The minimum atomic E-state index is -1.70. The Morgan fingerprint density at radius 1 is 0.789 bits per heavy atom. The molecule has 0 aliphatic heterocycles. The summed E-state index contributed by atoms with van der Waals surface area (Å²) in [6.45, 7) is 14.8. The Hall–Kier alpha value is -3.42. The molecule has 0 spiro atoms. The lowest BCUT2D eigenvalue weighted by atomic mass is 9.68. The van der Waals surface area contributed by atoms with Crippen molar-refractivity contribution in [3.63, 3.8) is 0 Å². The van der Waals surface area contributed by atoms with Gasteiger partial charge in [-0.05, 0) is 58.1 Å². The van der Waals surface area contributed by atoms with E-state index in [1.54, 1.807) is 39.8 Å². The monoisotopic (exact) mass is 530 g/mol. The summed E-state index contributed by atoms with van der Waals surface area (Å²) >= 11 is 0. The molecule has 1 aromatic rings. The van der Waals surface area contributed by atoms with Crippen LogP contribution in [0.15, 0.2) is 49.6 Å². The number of allylic oxidation sites excluding steroid dienone is 2. The van der Waals surface area contributed by atoms with E-state index in [9.17, 15) is 19.2 Å². The van der Waals surface area contributed by atoms with Crippen LogP contribution in [-0.2, 0) is 44.5 Å². The van der Waals surface area contributed by atoms with Gasteiger partial charge in [0.1, 0.15) is 0 Å². The highest BCUT2D eigenvalue weighted by Gasteiger charge is 2.54. The van der Waals surface area contributed by atoms with Gasteiger partial charge in [0.25, 0.3) is 0 Å². The third-order valence-electron chi connectivity index (χ3n) is 6.22. The molecule has 1 rings (SSSR count). The van der Waals surface area contributed by atoms with Gasteiger partial charge >= 0.3 is 23.9 Å². The van der Waals surface area contributed by atoms with Crippen molar-refractivity contribution in [1.82, 2.24) is 0 Å². The second-order valence-electron chi connectivity index (χ2n) is 8.66. The Morgan fingerprint density at radius 3 is 1.71 bits per heavy atom. The maximum absolute atomic E-state index is 13.5. The van der Waals surface area contributed by atoms with Crippen LogP contribution in [0.2, 0.25) is 0 Å². The highest BCUT2D eigenvalue weighted by Crippen LogP contribution is 2.44. The van der Waals surface area contributed by atoms with Gasteiger partial charge in [0.2, 0.25) is 0 Å². The summed E-state index contributed by atoms with van der Waals surface area (Å²) in [7, 11) is 0. The minimum Gasteiger partial charge on any atom is -0.465 e. The number of hydrogen-bond acceptors (Lipinski definition) is 8. The van der Waals surface area contributed by atoms with Gasteiger partial charge in [-0.1, -0.05) is 49.3 Å². The number of carbonyl (C=O) groups excluding carboxylic acids is 4. The van der Waals surface area contributed by atoms with Crippen LogP contribution in [0.3, 0.4) is 0 Å².